The standard InChI is InChI=1S/C19H19ClN4O2S/c1-11-3-5-13-14(7-11)22-17(21-13)9-23(2)18(25)10-24-15-8-12(20)4-6-16(15)27-19(24)26/h3,5,7-8H,4,6,9-10H2,1-2H3,(H,21,22). The molecule has 1 aromatic carbocycles. The number of nitrogens with zero attached hydrogens (tertiary/aromatic N) is 3. The Balaban J connectivity index is 1.52. The number of fused-ring (bicyclic) bond motifs is 2. The maximum Gasteiger partial charge on any atom is 0.308 e. The summed E-state index contributed by atoms with van der Waals surface area (Å²) in [5, 5.41) is 0.715. The molecular formula is C19H19ClN4O2S. The largest absolute Gasteiger partial charge is 0.340 e. The lowest BCUT2D eigenvalue weighted by molar-refractivity contribution is -0.131. The summed E-state index contributed by atoms with van der Waals surface area (Å²) < 4.78 is 1.52. The Hall–Kier alpha value is -2.38. The lowest BCUT2D eigenvalue weighted by Gasteiger charge is -2.17. The van der Waals surface area contributed by atoms with Gasteiger partial charge in [0.05, 0.1) is 23.3 Å². The number of thiazole rings is 1. The van der Waals surface area contributed by atoms with Gasteiger partial charge in [-0.05, 0) is 43.5 Å². The Morgan fingerprint density at radius 2 is 2.22 bits per heavy atom. The summed E-state index contributed by atoms with van der Waals surface area (Å²) in [6.45, 7) is 2.38. The monoisotopic (exact) mass is 402 g/mol. The summed E-state index contributed by atoms with van der Waals surface area (Å²) >= 11 is 7.32. The molecule has 27 heavy (non-hydrogen) atoms. The summed E-state index contributed by atoms with van der Waals surface area (Å²) in [6, 6.07) is 5.99. The minimum absolute atomic E-state index is 0.00116. The van der Waals surface area contributed by atoms with Crippen LogP contribution in [0.25, 0.3) is 17.1 Å². The molecule has 0 atom stereocenters. The van der Waals surface area contributed by atoms with E-state index in [1.54, 1.807) is 18.0 Å². The van der Waals surface area contributed by atoms with Crippen LogP contribution in [-0.2, 0) is 24.3 Å². The molecule has 4 rings (SSSR count). The van der Waals surface area contributed by atoms with E-state index in [9.17, 15) is 9.59 Å². The fraction of sp³-hybridized carbons (Fsp3) is 0.316. The first kappa shape index (κ1) is 18.0. The molecule has 0 fully saturated rings. The van der Waals surface area contributed by atoms with Crippen molar-refractivity contribution in [2.24, 2.45) is 0 Å². The molecule has 1 aliphatic rings. The van der Waals surface area contributed by atoms with Gasteiger partial charge in [-0.25, -0.2) is 4.98 Å². The van der Waals surface area contributed by atoms with Crippen molar-refractivity contribution in [3.63, 3.8) is 0 Å². The van der Waals surface area contributed by atoms with E-state index in [0.29, 0.717) is 17.4 Å². The number of aromatic nitrogens is 3. The molecule has 0 spiro atoms. The fourth-order valence-corrected chi connectivity index (χ4v) is 4.38. The first-order valence-corrected chi connectivity index (χ1v) is 9.88. The zero-order valence-corrected chi connectivity index (χ0v) is 16.7. The molecule has 2 heterocycles. The molecule has 1 amide bonds. The predicted octanol–water partition coefficient (Wildman–Crippen LogP) is 3.28. The molecule has 3 aromatic rings. The summed E-state index contributed by atoms with van der Waals surface area (Å²) in [5.41, 5.74) is 3.74. The van der Waals surface area contributed by atoms with Gasteiger partial charge < -0.3 is 9.88 Å². The first-order chi connectivity index (χ1) is 12.9. The van der Waals surface area contributed by atoms with Crippen LogP contribution >= 0.6 is 22.9 Å². The van der Waals surface area contributed by atoms with Crippen LogP contribution in [0.3, 0.4) is 0 Å². The Bertz CT molecular complexity index is 1120. The van der Waals surface area contributed by atoms with Crippen LogP contribution in [0.15, 0.2) is 28.0 Å². The van der Waals surface area contributed by atoms with E-state index >= 15 is 0 Å². The molecule has 1 aliphatic carbocycles. The lowest BCUT2D eigenvalue weighted by Crippen LogP contribution is -2.33. The Kier molecular flexibility index (Phi) is 4.65. The van der Waals surface area contributed by atoms with Gasteiger partial charge in [0.1, 0.15) is 12.4 Å². The Labute approximate surface area is 165 Å². The maximum absolute atomic E-state index is 12.7. The van der Waals surface area contributed by atoms with Crippen LogP contribution in [0.1, 0.15) is 28.4 Å². The highest BCUT2D eigenvalue weighted by Gasteiger charge is 2.21. The van der Waals surface area contributed by atoms with Crippen LogP contribution in [0.2, 0.25) is 0 Å². The number of nitrogens with one attached hydrogen (secondary N) is 1. The number of allylic oxidation sites excluding steroid dienone is 1. The molecular weight excluding hydrogens is 384 g/mol. The van der Waals surface area contributed by atoms with Crippen LogP contribution in [0, 0.1) is 6.92 Å². The molecule has 0 unspecified atom stereocenters. The highest BCUT2D eigenvalue weighted by atomic mass is 35.5. The number of benzene rings is 1. The maximum atomic E-state index is 12.7. The molecule has 0 saturated carbocycles. The quantitative estimate of drug-likeness (QED) is 0.728. The van der Waals surface area contributed by atoms with Crippen LogP contribution in [-0.4, -0.2) is 32.4 Å². The van der Waals surface area contributed by atoms with Crippen molar-refractivity contribution in [3.8, 4) is 0 Å². The molecule has 0 aliphatic heterocycles. The summed E-state index contributed by atoms with van der Waals surface area (Å²) in [7, 11) is 1.72. The number of amides is 1. The summed E-state index contributed by atoms with van der Waals surface area (Å²) in [4.78, 5) is 35.2. The third-order valence-electron chi connectivity index (χ3n) is 4.68. The third-order valence-corrected chi connectivity index (χ3v) is 6.04. The van der Waals surface area contributed by atoms with Gasteiger partial charge in [0, 0.05) is 17.0 Å². The van der Waals surface area contributed by atoms with Crippen molar-refractivity contribution in [2.45, 2.75) is 32.9 Å². The molecule has 1 N–H and O–H groups in total. The SMILES string of the molecule is Cc1ccc2nc(CN(C)C(=O)Cn3c4c(sc3=O)CCC(Cl)=C4)[nH]c2c1. The predicted molar refractivity (Wildman–Crippen MR) is 108 cm³/mol. The second-order valence-electron chi connectivity index (χ2n) is 6.81. The van der Waals surface area contributed by atoms with Gasteiger partial charge >= 0.3 is 4.87 Å². The van der Waals surface area contributed by atoms with Gasteiger partial charge in [-0.15, -0.1) is 0 Å². The number of rotatable bonds is 4. The van der Waals surface area contributed by atoms with Crippen LogP contribution < -0.4 is 4.87 Å². The number of carbonyl (C=O) groups excluding carboxylic acids is 1. The molecule has 0 bridgehead atoms. The number of hydrogen-bond acceptors (Lipinski definition) is 4. The topological polar surface area (TPSA) is 71.0 Å². The number of halogens is 1. The normalized spacial score (nSPS) is 13.5. The van der Waals surface area contributed by atoms with Gasteiger partial charge in [0.2, 0.25) is 5.91 Å². The van der Waals surface area contributed by atoms with E-state index in [1.165, 1.54) is 15.9 Å². The van der Waals surface area contributed by atoms with Crippen molar-refractivity contribution in [3.05, 3.63) is 54.9 Å². The smallest absolute Gasteiger partial charge is 0.308 e. The molecule has 6 nitrogen and oxygen atoms in total. The van der Waals surface area contributed by atoms with E-state index in [0.717, 1.165) is 40.0 Å². The average molecular weight is 403 g/mol. The number of H-pyrrole nitrogens is 1. The zero-order chi connectivity index (χ0) is 19.1. The molecule has 140 valence electrons. The third kappa shape index (κ3) is 3.57. The van der Waals surface area contributed by atoms with E-state index < -0.39 is 0 Å². The molecule has 8 heteroatoms. The number of imidazole rings is 1. The molecule has 2 aromatic heterocycles. The highest BCUT2D eigenvalue weighted by molar-refractivity contribution is 7.09. The van der Waals surface area contributed by atoms with Gasteiger partial charge in [-0.3, -0.25) is 14.2 Å². The van der Waals surface area contributed by atoms with Crippen molar-refractivity contribution < 1.29 is 4.79 Å². The Morgan fingerprint density at radius 1 is 1.41 bits per heavy atom. The lowest BCUT2D eigenvalue weighted by atomic mass is 10.1. The second-order valence-corrected chi connectivity index (χ2v) is 8.34. The van der Waals surface area contributed by atoms with Crippen LogP contribution in [0.4, 0.5) is 0 Å². The van der Waals surface area contributed by atoms with Crippen molar-refractivity contribution >= 4 is 46.0 Å². The van der Waals surface area contributed by atoms with E-state index in [-0.39, 0.29) is 17.3 Å². The first-order valence-electron chi connectivity index (χ1n) is 8.68. The van der Waals surface area contributed by atoms with Gasteiger partial charge in [-0.2, -0.15) is 0 Å². The fourth-order valence-electron chi connectivity index (χ4n) is 3.22. The molecule has 0 saturated heterocycles. The van der Waals surface area contributed by atoms with E-state index in [4.69, 9.17) is 11.6 Å². The zero-order valence-electron chi connectivity index (χ0n) is 15.1. The number of aromatic amines is 1. The van der Waals surface area contributed by atoms with E-state index in [1.807, 2.05) is 25.1 Å². The van der Waals surface area contributed by atoms with E-state index in [2.05, 4.69) is 9.97 Å². The average Bonchev–Trinajstić information content (AvgIpc) is 3.15. The number of hydrogen-bond donors (Lipinski definition) is 1. The minimum Gasteiger partial charge on any atom is -0.340 e. The molecule has 0 radical (unpaired) electrons. The van der Waals surface area contributed by atoms with Gasteiger partial charge in [-0.1, -0.05) is 29.0 Å². The van der Waals surface area contributed by atoms with Gasteiger partial charge in [0.25, 0.3) is 0 Å². The van der Waals surface area contributed by atoms with Crippen LogP contribution in [0.5, 0.6) is 0 Å². The summed E-state index contributed by atoms with van der Waals surface area (Å²) in [5.74, 6) is 0.568. The highest BCUT2D eigenvalue weighted by Crippen LogP contribution is 2.27. The van der Waals surface area contributed by atoms with Crippen molar-refractivity contribution in [2.75, 3.05) is 7.05 Å². The van der Waals surface area contributed by atoms with Gasteiger partial charge in [0.15, 0.2) is 0 Å². The summed E-state index contributed by atoms with van der Waals surface area (Å²) in [6.07, 6.45) is 3.29. The number of likely N-dealkylation sites (N-methyl/N-ethyl adjacent to an activating group) is 1. The number of carbonyl (C=O) groups is 1. The Morgan fingerprint density at radius 3 is 3.04 bits per heavy atom. The minimum atomic E-state index is -0.149. The number of aryl methyl sites for hydroxylation is 2. The van der Waals surface area contributed by atoms with Crippen molar-refractivity contribution in [1.82, 2.24) is 19.4 Å². The second kappa shape index (κ2) is 6.98. The van der Waals surface area contributed by atoms with Crippen molar-refractivity contribution in [1.29, 1.82) is 0 Å².